The van der Waals surface area contributed by atoms with E-state index in [9.17, 15) is 0 Å². The third-order valence-corrected chi connectivity index (χ3v) is 2.99. The first-order valence-corrected chi connectivity index (χ1v) is 5.36. The quantitative estimate of drug-likeness (QED) is 0.474. The van der Waals surface area contributed by atoms with Gasteiger partial charge < -0.3 is 0 Å². The first kappa shape index (κ1) is 9.83. The predicted molar refractivity (Wildman–Crippen MR) is 55.2 cm³/mol. The molecule has 0 aromatic heterocycles. The Balaban J connectivity index is 0.000000336. The van der Waals surface area contributed by atoms with Crippen molar-refractivity contribution in [3.8, 4) is 0 Å². The fourth-order valence-corrected chi connectivity index (χ4v) is 2.76. The number of rotatable bonds is 0. The average Bonchev–Trinajstić information content (AvgIpc) is 2.29. The third kappa shape index (κ3) is 1.91. The Kier molecular flexibility index (Phi) is 2.98. The standard InChI is InChI=1S/C10H16.C2H6/c1-8-5-9-3-4-10(2,6-8)7-9;1-2/h3,8H,4-7H2,1-2H3;1-2H3. The molecule has 2 aliphatic carbocycles. The van der Waals surface area contributed by atoms with Gasteiger partial charge in [0.05, 0.1) is 0 Å². The van der Waals surface area contributed by atoms with Crippen LogP contribution in [0.1, 0.15) is 53.4 Å². The van der Waals surface area contributed by atoms with Crippen molar-refractivity contribution in [3.05, 3.63) is 11.6 Å². The molecule has 12 heavy (non-hydrogen) atoms. The summed E-state index contributed by atoms with van der Waals surface area (Å²) >= 11 is 0. The summed E-state index contributed by atoms with van der Waals surface area (Å²) in [6.45, 7) is 8.82. The van der Waals surface area contributed by atoms with Crippen molar-refractivity contribution in [2.75, 3.05) is 0 Å². The first-order chi connectivity index (χ1) is 5.68. The molecule has 2 bridgehead atoms. The topological polar surface area (TPSA) is 0 Å². The zero-order valence-corrected chi connectivity index (χ0v) is 8.98. The molecule has 70 valence electrons. The maximum Gasteiger partial charge on any atom is -0.0251 e. The molecule has 2 unspecified atom stereocenters. The highest BCUT2D eigenvalue weighted by Crippen LogP contribution is 2.49. The molecule has 0 spiro atoms. The maximum absolute atomic E-state index is 2.48. The Morgan fingerprint density at radius 2 is 2.08 bits per heavy atom. The minimum Gasteiger partial charge on any atom is -0.0847 e. The van der Waals surface area contributed by atoms with Gasteiger partial charge in [-0.05, 0) is 37.0 Å². The van der Waals surface area contributed by atoms with Crippen LogP contribution in [0, 0.1) is 11.3 Å². The van der Waals surface area contributed by atoms with Gasteiger partial charge in [-0.15, -0.1) is 0 Å². The second-order valence-electron chi connectivity index (χ2n) is 4.57. The number of fused-ring (bicyclic) bond motifs is 2. The SMILES string of the molecule is CC.CC1CC2=CCC(C)(C2)C1. The van der Waals surface area contributed by atoms with Crippen LogP contribution in [-0.4, -0.2) is 0 Å². The molecular formula is C12H22. The Hall–Kier alpha value is -0.260. The highest BCUT2D eigenvalue weighted by molar-refractivity contribution is 5.18. The summed E-state index contributed by atoms with van der Waals surface area (Å²) in [5.74, 6) is 0.951. The molecule has 0 radical (unpaired) electrons. The van der Waals surface area contributed by atoms with E-state index in [4.69, 9.17) is 0 Å². The number of hydrogen-bond donors (Lipinski definition) is 0. The summed E-state index contributed by atoms with van der Waals surface area (Å²) in [5, 5.41) is 0. The predicted octanol–water partition coefficient (Wildman–Crippen LogP) is 4.17. The van der Waals surface area contributed by atoms with Crippen molar-refractivity contribution in [1.29, 1.82) is 0 Å². The lowest BCUT2D eigenvalue weighted by Crippen LogP contribution is -2.20. The fourth-order valence-electron chi connectivity index (χ4n) is 2.76. The van der Waals surface area contributed by atoms with Gasteiger partial charge in [0.15, 0.2) is 0 Å². The number of hydrogen-bond acceptors (Lipinski definition) is 0. The zero-order chi connectivity index (χ0) is 9.19. The van der Waals surface area contributed by atoms with Crippen LogP contribution in [-0.2, 0) is 0 Å². The van der Waals surface area contributed by atoms with Gasteiger partial charge in [0.25, 0.3) is 0 Å². The Bertz CT molecular complexity index is 178. The molecular weight excluding hydrogens is 144 g/mol. The van der Waals surface area contributed by atoms with Crippen LogP contribution in [0.4, 0.5) is 0 Å². The van der Waals surface area contributed by atoms with Crippen molar-refractivity contribution in [1.82, 2.24) is 0 Å². The summed E-state index contributed by atoms with van der Waals surface area (Å²) in [6, 6.07) is 0. The van der Waals surface area contributed by atoms with E-state index in [0.717, 1.165) is 5.92 Å². The van der Waals surface area contributed by atoms with E-state index in [1.165, 1.54) is 25.7 Å². The third-order valence-electron chi connectivity index (χ3n) is 2.99. The largest absolute Gasteiger partial charge is 0.0847 e. The van der Waals surface area contributed by atoms with Crippen molar-refractivity contribution in [2.24, 2.45) is 11.3 Å². The van der Waals surface area contributed by atoms with Crippen LogP contribution >= 0.6 is 0 Å². The second kappa shape index (κ2) is 3.64. The molecule has 0 nitrogen and oxygen atoms in total. The van der Waals surface area contributed by atoms with Crippen molar-refractivity contribution < 1.29 is 0 Å². The lowest BCUT2D eigenvalue weighted by molar-refractivity contribution is 0.233. The summed E-state index contributed by atoms with van der Waals surface area (Å²) in [7, 11) is 0. The molecule has 1 fully saturated rings. The molecule has 0 heterocycles. The van der Waals surface area contributed by atoms with Gasteiger partial charge in [-0.1, -0.05) is 39.3 Å². The van der Waals surface area contributed by atoms with Crippen LogP contribution in [0.5, 0.6) is 0 Å². The Morgan fingerprint density at radius 1 is 1.42 bits per heavy atom. The van der Waals surface area contributed by atoms with Crippen LogP contribution in [0.15, 0.2) is 11.6 Å². The van der Waals surface area contributed by atoms with Crippen LogP contribution in [0.2, 0.25) is 0 Å². The molecule has 2 rings (SSSR count). The molecule has 0 N–H and O–H groups in total. The van der Waals surface area contributed by atoms with E-state index in [2.05, 4.69) is 19.9 Å². The van der Waals surface area contributed by atoms with Gasteiger partial charge >= 0.3 is 0 Å². The highest BCUT2D eigenvalue weighted by atomic mass is 14.4. The van der Waals surface area contributed by atoms with Crippen LogP contribution < -0.4 is 0 Å². The van der Waals surface area contributed by atoms with E-state index in [1.54, 1.807) is 5.57 Å². The van der Waals surface area contributed by atoms with Gasteiger partial charge in [0, 0.05) is 0 Å². The molecule has 2 atom stereocenters. The van der Waals surface area contributed by atoms with Gasteiger partial charge in [-0.2, -0.15) is 0 Å². The zero-order valence-electron chi connectivity index (χ0n) is 8.98. The lowest BCUT2D eigenvalue weighted by atomic mass is 9.73. The van der Waals surface area contributed by atoms with E-state index < -0.39 is 0 Å². The molecule has 0 aromatic rings. The molecule has 0 amide bonds. The molecule has 1 saturated carbocycles. The van der Waals surface area contributed by atoms with Crippen molar-refractivity contribution in [3.63, 3.8) is 0 Å². The monoisotopic (exact) mass is 166 g/mol. The second-order valence-corrected chi connectivity index (χ2v) is 4.57. The summed E-state index contributed by atoms with van der Waals surface area (Å²) in [6.07, 6.45) is 8.07. The average molecular weight is 166 g/mol. The number of allylic oxidation sites excluding steroid dienone is 2. The van der Waals surface area contributed by atoms with Gasteiger partial charge in [0.2, 0.25) is 0 Å². The maximum atomic E-state index is 2.48. The van der Waals surface area contributed by atoms with E-state index in [0.29, 0.717) is 5.41 Å². The minimum atomic E-state index is 0.674. The summed E-state index contributed by atoms with van der Waals surface area (Å²) in [5.41, 5.74) is 2.41. The van der Waals surface area contributed by atoms with Crippen molar-refractivity contribution >= 4 is 0 Å². The van der Waals surface area contributed by atoms with Crippen LogP contribution in [0.3, 0.4) is 0 Å². The molecule has 0 aliphatic heterocycles. The van der Waals surface area contributed by atoms with E-state index in [1.807, 2.05) is 13.8 Å². The Labute approximate surface area is 77.1 Å². The van der Waals surface area contributed by atoms with Crippen LogP contribution in [0.25, 0.3) is 0 Å². The molecule has 0 heteroatoms. The summed E-state index contributed by atoms with van der Waals surface area (Å²) < 4.78 is 0. The van der Waals surface area contributed by atoms with E-state index >= 15 is 0 Å². The Morgan fingerprint density at radius 3 is 2.67 bits per heavy atom. The smallest absolute Gasteiger partial charge is 0.0251 e. The fraction of sp³-hybridized carbons (Fsp3) is 0.833. The first-order valence-electron chi connectivity index (χ1n) is 5.36. The van der Waals surface area contributed by atoms with Crippen molar-refractivity contribution in [2.45, 2.75) is 53.4 Å². The molecule has 0 aromatic carbocycles. The van der Waals surface area contributed by atoms with Gasteiger partial charge in [-0.25, -0.2) is 0 Å². The summed E-state index contributed by atoms with van der Waals surface area (Å²) in [4.78, 5) is 0. The normalized spacial score (nSPS) is 38.3. The highest BCUT2D eigenvalue weighted by Gasteiger charge is 2.35. The van der Waals surface area contributed by atoms with E-state index in [-0.39, 0.29) is 0 Å². The van der Waals surface area contributed by atoms with Gasteiger partial charge in [0.1, 0.15) is 0 Å². The molecule has 0 saturated heterocycles. The lowest BCUT2D eigenvalue weighted by Gasteiger charge is -2.32. The van der Waals surface area contributed by atoms with Gasteiger partial charge in [-0.3, -0.25) is 0 Å². The minimum absolute atomic E-state index is 0.674. The molecule has 2 aliphatic rings.